The average molecular weight is 353 g/mol. The summed E-state index contributed by atoms with van der Waals surface area (Å²) in [4.78, 5) is 11.3. The second-order valence-electron chi connectivity index (χ2n) is 2.82. The van der Waals surface area contributed by atoms with Gasteiger partial charge >= 0.3 is 12.6 Å². The normalized spacial score (nSPS) is 9.88. The number of methoxy groups -OCH3 is 1. The third-order valence-electron chi connectivity index (χ3n) is 1.80. The molecule has 0 aromatic heterocycles. The minimum atomic E-state index is -3.03. The van der Waals surface area contributed by atoms with E-state index >= 15 is 0 Å². The number of hydrogen-bond acceptors (Lipinski definition) is 4. The monoisotopic (exact) mass is 353 g/mol. The zero-order valence-corrected chi connectivity index (χ0v) is 10.7. The molecule has 0 aliphatic carbocycles. The number of rotatable bonds is 3. The first-order chi connectivity index (χ1) is 7.99. The maximum absolute atomic E-state index is 12.1. The van der Waals surface area contributed by atoms with E-state index in [1.807, 2.05) is 0 Å². The van der Waals surface area contributed by atoms with Crippen molar-refractivity contribution in [3.8, 4) is 11.8 Å². The Morgan fingerprint density at radius 2 is 2.18 bits per heavy atom. The van der Waals surface area contributed by atoms with E-state index in [9.17, 15) is 13.6 Å². The van der Waals surface area contributed by atoms with Crippen molar-refractivity contribution in [1.29, 1.82) is 5.26 Å². The summed E-state index contributed by atoms with van der Waals surface area (Å²) in [6.45, 7) is -3.03. The van der Waals surface area contributed by atoms with Gasteiger partial charge in [-0.3, -0.25) is 0 Å². The molecule has 0 aliphatic rings. The van der Waals surface area contributed by atoms with Crippen LogP contribution in [0.4, 0.5) is 8.78 Å². The highest BCUT2D eigenvalue weighted by atomic mass is 127. The molecule has 0 amide bonds. The molecule has 0 N–H and O–H groups in total. The highest BCUT2D eigenvalue weighted by Gasteiger charge is 2.17. The highest BCUT2D eigenvalue weighted by molar-refractivity contribution is 14.1. The second-order valence-corrected chi connectivity index (χ2v) is 3.90. The molecule has 1 aromatic carbocycles. The maximum Gasteiger partial charge on any atom is 0.387 e. The molecular formula is C10H6F2INO3. The Bertz CT molecular complexity index is 485. The molecule has 0 fully saturated rings. The molecule has 0 radical (unpaired) electrons. The van der Waals surface area contributed by atoms with Crippen molar-refractivity contribution >= 4 is 28.6 Å². The van der Waals surface area contributed by atoms with Gasteiger partial charge in [-0.05, 0) is 34.7 Å². The van der Waals surface area contributed by atoms with Crippen LogP contribution in [0.5, 0.6) is 5.75 Å². The van der Waals surface area contributed by atoms with E-state index in [4.69, 9.17) is 5.26 Å². The van der Waals surface area contributed by atoms with Gasteiger partial charge in [-0.1, -0.05) is 0 Å². The first kappa shape index (κ1) is 13.6. The lowest BCUT2D eigenvalue weighted by Crippen LogP contribution is -2.08. The van der Waals surface area contributed by atoms with Crippen LogP contribution in [-0.2, 0) is 4.74 Å². The van der Waals surface area contributed by atoms with Gasteiger partial charge in [-0.2, -0.15) is 14.0 Å². The van der Waals surface area contributed by atoms with Crippen LogP contribution < -0.4 is 4.74 Å². The quantitative estimate of drug-likeness (QED) is 0.619. The van der Waals surface area contributed by atoms with E-state index in [0.29, 0.717) is 0 Å². The van der Waals surface area contributed by atoms with Gasteiger partial charge in [0.25, 0.3) is 0 Å². The highest BCUT2D eigenvalue weighted by Crippen LogP contribution is 2.28. The van der Waals surface area contributed by atoms with Crippen LogP contribution in [0.15, 0.2) is 12.1 Å². The third-order valence-corrected chi connectivity index (χ3v) is 2.91. The van der Waals surface area contributed by atoms with E-state index in [-0.39, 0.29) is 20.4 Å². The molecule has 1 aromatic rings. The Kier molecular flexibility index (Phi) is 4.62. The summed E-state index contributed by atoms with van der Waals surface area (Å²) in [5.74, 6) is -0.947. The Balaban J connectivity index is 3.29. The molecule has 17 heavy (non-hydrogen) atoms. The van der Waals surface area contributed by atoms with E-state index in [1.54, 1.807) is 28.7 Å². The van der Waals surface area contributed by atoms with Crippen LogP contribution >= 0.6 is 22.6 Å². The Hall–Kier alpha value is -1.43. The number of halogens is 3. The smallest absolute Gasteiger partial charge is 0.387 e. The summed E-state index contributed by atoms with van der Waals surface area (Å²) in [6.07, 6.45) is 0. The van der Waals surface area contributed by atoms with Gasteiger partial charge in [0.1, 0.15) is 11.8 Å². The van der Waals surface area contributed by atoms with Crippen molar-refractivity contribution < 1.29 is 23.0 Å². The number of carbonyl (C=O) groups excluding carboxylic acids is 1. The minimum absolute atomic E-state index is 0.0138. The van der Waals surface area contributed by atoms with E-state index < -0.39 is 12.6 Å². The zero-order chi connectivity index (χ0) is 13.0. The van der Waals surface area contributed by atoms with E-state index in [1.165, 1.54) is 6.07 Å². The fourth-order valence-electron chi connectivity index (χ4n) is 1.10. The lowest BCUT2D eigenvalue weighted by Gasteiger charge is -2.09. The van der Waals surface area contributed by atoms with Gasteiger partial charge in [0.05, 0.1) is 21.8 Å². The van der Waals surface area contributed by atoms with E-state index in [2.05, 4.69) is 9.47 Å². The molecule has 4 nitrogen and oxygen atoms in total. The van der Waals surface area contributed by atoms with E-state index in [0.717, 1.165) is 13.2 Å². The number of hydrogen-bond donors (Lipinski definition) is 0. The predicted molar refractivity (Wildman–Crippen MR) is 61.8 cm³/mol. The minimum Gasteiger partial charge on any atom is -0.465 e. The molecule has 0 aliphatic heterocycles. The lowest BCUT2D eigenvalue weighted by atomic mass is 10.1. The molecule has 1 rings (SSSR count). The van der Waals surface area contributed by atoms with Crippen molar-refractivity contribution in [2.45, 2.75) is 6.61 Å². The van der Waals surface area contributed by atoms with Gasteiger partial charge in [0.15, 0.2) is 0 Å². The van der Waals surface area contributed by atoms with Crippen molar-refractivity contribution in [1.82, 2.24) is 0 Å². The standard InChI is InChI=1S/C10H6F2INO3/c1-16-9(15)5-2-6(4-14)8(13)7(3-5)17-10(11)12/h2-3,10H,1H3. The van der Waals surface area contributed by atoms with Crippen LogP contribution in [0.1, 0.15) is 15.9 Å². The number of carbonyl (C=O) groups is 1. The second kappa shape index (κ2) is 5.77. The first-order valence-corrected chi connectivity index (χ1v) is 5.34. The van der Waals surface area contributed by atoms with Gasteiger partial charge in [0.2, 0.25) is 0 Å². The number of alkyl halides is 2. The Morgan fingerprint density at radius 1 is 1.53 bits per heavy atom. The molecule has 0 atom stereocenters. The van der Waals surface area contributed by atoms with Gasteiger partial charge in [-0.15, -0.1) is 0 Å². The number of esters is 1. The fourth-order valence-corrected chi connectivity index (χ4v) is 1.66. The van der Waals surface area contributed by atoms with Crippen LogP contribution in [0.25, 0.3) is 0 Å². The van der Waals surface area contributed by atoms with Crippen molar-refractivity contribution in [2.75, 3.05) is 7.11 Å². The summed E-state index contributed by atoms with van der Waals surface area (Å²) in [5.41, 5.74) is 0.0595. The summed E-state index contributed by atoms with van der Waals surface area (Å²) in [6, 6.07) is 4.16. The summed E-state index contributed by atoms with van der Waals surface area (Å²) < 4.78 is 33.1. The van der Waals surface area contributed by atoms with Crippen molar-refractivity contribution in [3.05, 3.63) is 26.8 Å². The number of benzene rings is 1. The summed E-state index contributed by atoms with van der Waals surface area (Å²) >= 11 is 1.69. The SMILES string of the molecule is COC(=O)c1cc(C#N)c(I)c(OC(F)F)c1. The van der Waals surface area contributed by atoms with Crippen molar-refractivity contribution in [3.63, 3.8) is 0 Å². The first-order valence-electron chi connectivity index (χ1n) is 4.26. The zero-order valence-electron chi connectivity index (χ0n) is 8.54. The largest absolute Gasteiger partial charge is 0.465 e. The molecular weight excluding hydrogens is 347 g/mol. The lowest BCUT2D eigenvalue weighted by molar-refractivity contribution is -0.0505. The topological polar surface area (TPSA) is 59.3 Å². The fraction of sp³-hybridized carbons (Fsp3) is 0.200. The molecule has 0 saturated heterocycles. The maximum atomic E-state index is 12.1. The van der Waals surface area contributed by atoms with Crippen LogP contribution in [0.3, 0.4) is 0 Å². The molecule has 90 valence electrons. The van der Waals surface area contributed by atoms with Gasteiger partial charge in [-0.25, -0.2) is 4.79 Å². The molecule has 0 spiro atoms. The van der Waals surface area contributed by atoms with Gasteiger partial charge in [0, 0.05) is 0 Å². The van der Waals surface area contributed by atoms with Crippen LogP contribution in [0, 0.1) is 14.9 Å². The number of ether oxygens (including phenoxy) is 2. The Labute approximate surface area is 109 Å². The molecule has 0 bridgehead atoms. The molecule has 0 heterocycles. The van der Waals surface area contributed by atoms with Crippen LogP contribution in [-0.4, -0.2) is 19.7 Å². The summed E-state index contributed by atoms with van der Waals surface area (Å²) in [5, 5.41) is 8.81. The number of nitriles is 1. The average Bonchev–Trinajstić information content (AvgIpc) is 2.30. The summed E-state index contributed by atoms with van der Waals surface area (Å²) in [7, 11) is 1.15. The molecule has 7 heteroatoms. The molecule has 0 saturated carbocycles. The third kappa shape index (κ3) is 3.26. The van der Waals surface area contributed by atoms with Gasteiger partial charge < -0.3 is 9.47 Å². The number of nitrogens with zero attached hydrogens (tertiary/aromatic N) is 1. The van der Waals surface area contributed by atoms with Crippen LogP contribution in [0.2, 0.25) is 0 Å². The molecule has 0 unspecified atom stereocenters. The Morgan fingerprint density at radius 3 is 2.65 bits per heavy atom. The predicted octanol–water partition coefficient (Wildman–Crippen LogP) is 2.55. The van der Waals surface area contributed by atoms with Crippen molar-refractivity contribution in [2.24, 2.45) is 0 Å².